The van der Waals surface area contributed by atoms with Crippen molar-refractivity contribution in [3.05, 3.63) is 59.8 Å². The van der Waals surface area contributed by atoms with Crippen LogP contribution >= 0.6 is 0 Å². The minimum Gasteiger partial charge on any atom is -0.472 e. The molecule has 0 radical (unpaired) electrons. The van der Waals surface area contributed by atoms with Gasteiger partial charge in [-0.1, -0.05) is 12.1 Å². The minimum absolute atomic E-state index is 0.0352. The van der Waals surface area contributed by atoms with E-state index in [1.807, 2.05) is 6.07 Å². The van der Waals surface area contributed by atoms with Gasteiger partial charge in [0.1, 0.15) is 5.82 Å². The van der Waals surface area contributed by atoms with Crippen LogP contribution in [0.4, 0.5) is 4.39 Å². The van der Waals surface area contributed by atoms with E-state index >= 15 is 0 Å². The minimum atomic E-state index is -0.564. The van der Waals surface area contributed by atoms with Gasteiger partial charge in [0.05, 0.1) is 24.7 Å². The number of hydrogen-bond donors (Lipinski definition) is 1. The number of β-amino-alcohol motifs (C(OH)–C–C–N with tert-alkyl or cyclic N) is 1. The van der Waals surface area contributed by atoms with Crippen LogP contribution in [0.5, 0.6) is 0 Å². The van der Waals surface area contributed by atoms with Gasteiger partial charge in [-0.15, -0.1) is 0 Å². The second kappa shape index (κ2) is 6.32. The van der Waals surface area contributed by atoms with E-state index in [9.17, 15) is 14.3 Å². The highest BCUT2D eigenvalue weighted by atomic mass is 19.1. The van der Waals surface area contributed by atoms with E-state index in [0.717, 1.165) is 11.1 Å². The van der Waals surface area contributed by atoms with Gasteiger partial charge >= 0.3 is 0 Å². The molecule has 1 amide bonds. The molecule has 1 aliphatic rings. The van der Waals surface area contributed by atoms with Crippen molar-refractivity contribution in [1.29, 1.82) is 0 Å². The lowest BCUT2D eigenvalue weighted by Gasteiger charge is -2.24. The molecule has 4 nitrogen and oxygen atoms in total. The van der Waals surface area contributed by atoms with Crippen LogP contribution in [0.15, 0.2) is 47.3 Å². The molecule has 1 fully saturated rings. The predicted molar refractivity (Wildman–Crippen MR) is 78.5 cm³/mol. The van der Waals surface area contributed by atoms with E-state index in [4.69, 9.17) is 4.42 Å². The lowest BCUT2D eigenvalue weighted by Crippen LogP contribution is -2.32. The molecule has 5 heteroatoms. The Labute approximate surface area is 128 Å². The molecule has 0 unspecified atom stereocenters. The molecule has 1 N–H and O–H groups in total. The highest BCUT2D eigenvalue weighted by Gasteiger charge is 2.35. The highest BCUT2D eigenvalue weighted by Crippen LogP contribution is 2.33. The summed E-state index contributed by atoms with van der Waals surface area (Å²) in [6.45, 7) is 0.297. The number of aliphatic hydroxyl groups excluding tert-OH is 1. The van der Waals surface area contributed by atoms with Crippen LogP contribution in [0.25, 0.3) is 0 Å². The van der Waals surface area contributed by atoms with Gasteiger partial charge in [0.25, 0.3) is 0 Å². The van der Waals surface area contributed by atoms with Gasteiger partial charge in [-0.05, 0) is 42.2 Å². The van der Waals surface area contributed by atoms with E-state index < -0.39 is 6.10 Å². The Morgan fingerprint density at radius 1 is 1.41 bits per heavy atom. The summed E-state index contributed by atoms with van der Waals surface area (Å²) in [4.78, 5) is 14.1. The van der Waals surface area contributed by atoms with Crippen LogP contribution in [0.3, 0.4) is 0 Å². The fourth-order valence-corrected chi connectivity index (χ4v) is 2.95. The average Bonchev–Trinajstić information content (AvgIpc) is 3.14. The number of likely N-dealkylation sites (tertiary alicyclic amines) is 1. The Morgan fingerprint density at radius 2 is 2.27 bits per heavy atom. The lowest BCUT2D eigenvalue weighted by molar-refractivity contribution is -0.132. The quantitative estimate of drug-likeness (QED) is 0.945. The van der Waals surface area contributed by atoms with E-state index in [1.54, 1.807) is 29.6 Å². The predicted octanol–water partition coefficient (Wildman–Crippen LogP) is 2.69. The molecule has 1 aromatic carbocycles. The maximum absolute atomic E-state index is 13.4. The fourth-order valence-electron chi connectivity index (χ4n) is 2.95. The van der Waals surface area contributed by atoms with E-state index in [1.165, 1.54) is 12.1 Å². The van der Waals surface area contributed by atoms with Gasteiger partial charge in [-0.25, -0.2) is 4.39 Å². The Hall–Kier alpha value is -2.14. The lowest BCUT2D eigenvalue weighted by atomic mass is 10.0. The monoisotopic (exact) mass is 303 g/mol. The van der Waals surface area contributed by atoms with Gasteiger partial charge in [0.2, 0.25) is 5.91 Å². The Morgan fingerprint density at radius 3 is 3.00 bits per heavy atom. The average molecular weight is 303 g/mol. The van der Waals surface area contributed by atoms with E-state index in [2.05, 4.69) is 0 Å². The summed E-state index contributed by atoms with van der Waals surface area (Å²) >= 11 is 0. The van der Waals surface area contributed by atoms with Gasteiger partial charge in [0, 0.05) is 13.0 Å². The molecule has 0 aliphatic carbocycles. The van der Waals surface area contributed by atoms with E-state index in [-0.39, 0.29) is 17.8 Å². The van der Waals surface area contributed by atoms with Crippen molar-refractivity contribution < 1.29 is 18.7 Å². The van der Waals surface area contributed by atoms with Crippen molar-refractivity contribution in [2.45, 2.75) is 31.4 Å². The van der Waals surface area contributed by atoms with Gasteiger partial charge in [0.15, 0.2) is 0 Å². The zero-order valence-corrected chi connectivity index (χ0v) is 12.1. The molecular formula is C17H18FNO3. The summed E-state index contributed by atoms with van der Waals surface area (Å²) in [6, 6.07) is 7.79. The number of nitrogens with zero attached hydrogens (tertiary/aromatic N) is 1. The SMILES string of the molecule is O=C(CCc1ccoc1)N1C[C@@H](O)C[C@@H]1c1cccc(F)c1. The van der Waals surface area contributed by atoms with Crippen molar-refractivity contribution in [2.75, 3.05) is 6.54 Å². The van der Waals surface area contributed by atoms with Crippen molar-refractivity contribution in [1.82, 2.24) is 4.90 Å². The summed E-state index contributed by atoms with van der Waals surface area (Å²) < 4.78 is 18.4. The zero-order chi connectivity index (χ0) is 15.5. The van der Waals surface area contributed by atoms with Crippen molar-refractivity contribution >= 4 is 5.91 Å². The Kier molecular flexibility index (Phi) is 4.24. The Bertz CT molecular complexity index is 641. The van der Waals surface area contributed by atoms with Crippen LogP contribution in [-0.4, -0.2) is 28.6 Å². The molecule has 2 atom stereocenters. The summed E-state index contributed by atoms with van der Waals surface area (Å²) in [5, 5.41) is 9.90. The third-order valence-electron chi connectivity index (χ3n) is 4.04. The second-order valence-electron chi connectivity index (χ2n) is 5.64. The topological polar surface area (TPSA) is 53.7 Å². The maximum atomic E-state index is 13.4. The number of carbonyl (C=O) groups is 1. The third-order valence-corrected chi connectivity index (χ3v) is 4.04. The van der Waals surface area contributed by atoms with Gasteiger partial charge in [-0.2, -0.15) is 0 Å². The van der Waals surface area contributed by atoms with Gasteiger partial charge < -0.3 is 14.4 Å². The van der Waals surface area contributed by atoms with Crippen LogP contribution in [0.2, 0.25) is 0 Å². The molecule has 2 heterocycles. The zero-order valence-electron chi connectivity index (χ0n) is 12.1. The van der Waals surface area contributed by atoms with Crippen LogP contribution in [0, 0.1) is 5.82 Å². The van der Waals surface area contributed by atoms with Crippen molar-refractivity contribution in [3.63, 3.8) is 0 Å². The first-order valence-electron chi connectivity index (χ1n) is 7.37. The number of amides is 1. The summed E-state index contributed by atoms with van der Waals surface area (Å²) in [5.74, 6) is -0.364. The van der Waals surface area contributed by atoms with Crippen LogP contribution < -0.4 is 0 Å². The molecule has 22 heavy (non-hydrogen) atoms. The first kappa shape index (κ1) is 14.8. The second-order valence-corrected chi connectivity index (χ2v) is 5.64. The number of carbonyl (C=O) groups excluding carboxylic acids is 1. The molecule has 1 aromatic heterocycles. The number of rotatable bonds is 4. The number of furan rings is 1. The molecule has 2 aromatic rings. The first-order valence-corrected chi connectivity index (χ1v) is 7.37. The molecule has 116 valence electrons. The number of aryl methyl sites for hydroxylation is 1. The van der Waals surface area contributed by atoms with Crippen molar-refractivity contribution in [2.24, 2.45) is 0 Å². The number of hydrogen-bond acceptors (Lipinski definition) is 3. The van der Waals surface area contributed by atoms with Crippen molar-refractivity contribution in [3.8, 4) is 0 Å². The smallest absolute Gasteiger partial charge is 0.223 e. The molecule has 1 aliphatic heterocycles. The largest absolute Gasteiger partial charge is 0.472 e. The van der Waals surface area contributed by atoms with Crippen LogP contribution in [-0.2, 0) is 11.2 Å². The molecule has 0 bridgehead atoms. The maximum Gasteiger partial charge on any atom is 0.223 e. The van der Waals surface area contributed by atoms with E-state index in [0.29, 0.717) is 25.8 Å². The summed E-state index contributed by atoms with van der Waals surface area (Å²) in [5.41, 5.74) is 1.70. The Balaban J connectivity index is 1.71. The molecule has 0 spiro atoms. The molecule has 1 saturated heterocycles. The number of aliphatic hydroxyl groups is 1. The highest BCUT2D eigenvalue weighted by molar-refractivity contribution is 5.77. The number of benzene rings is 1. The summed E-state index contributed by atoms with van der Waals surface area (Å²) in [7, 11) is 0. The number of halogens is 1. The fraction of sp³-hybridized carbons (Fsp3) is 0.353. The molecule has 0 saturated carbocycles. The van der Waals surface area contributed by atoms with Gasteiger partial charge in [-0.3, -0.25) is 4.79 Å². The molecular weight excluding hydrogens is 285 g/mol. The molecule has 3 rings (SSSR count). The normalized spacial score (nSPS) is 21.3. The first-order chi connectivity index (χ1) is 10.6. The summed E-state index contributed by atoms with van der Waals surface area (Å²) in [6.07, 6.45) is 4.02. The van der Waals surface area contributed by atoms with Crippen LogP contribution in [0.1, 0.15) is 30.0 Å². The standard InChI is InChI=1S/C17H18FNO3/c18-14-3-1-2-13(8-14)16-9-15(20)10-19(16)17(21)5-4-12-6-7-22-11-12/h1-3,6-8,11,15-16,20H,4-5,9-10H2/t15-,16+/m0/s1. The third kappa shape index (κ3) is 3.20.